The Hall–Kier alpha value is -4.72. The normalized spacial score (nSPS) is 12.5. The summed E-state index contributed by atoms with van der Waals surface area (Å²) >= 11 is 0. The third-order valence-corrected chi connectivity index (χ3v) is 6.30. The summed E-state index contributed by atoms with van der Waals surface area (Å²) in [7, 11) is 0. The molecule has 0 aliphatic carbocycles. The second kappa shape index (κ2) is 10.9. The average molecular weight is 494 g/mol. The Morgan fingerprint density at radius 2 is 1.68 bits per heavy atom. The van der Waals surface area contributed by atoms with Crippen molar-refractivity contribution in [1.82, 2.24) is 9.55 Å². The molecule has 2 N–H and O–H groups in total. The first-order chi connectivity index (χ1) is 18.0. The fourth-order valence-electron chi connectivity index (χ4n) is 4.51. The van der Waals surface area contributed by atoms with Gasteiger partial charge in [-0.3, -0.25) is 9.36 Å². The average Bonchev–Trinajstić information content (AvgIpc) is 2.91. The monoisotopic (exact) mass is 493 g/mol. The molecule has 0 fully saturated rings. The largest absolute Gasteiger partial charge is 0.347 e. The van der Waals surface area contributed by atoms with Crippen LogP contribution in [0, 0.1) is 0 Å². The summed E-state index contributed by atoms with van der Waals surface area (Å²) in [5, 5.41) is 5.63. The third-order valence-electron chi connectivity index (χ3n) is 6.30. The minimum atomic E-state index is -0.385. The Morgan fingerprint density at radius 1 is 0.865 bits per heavy atom. The summed E-state index contributed by atoms with van der Waals surface area (Å²) in [6, 6.07) is 24.0. The van der Waals surface area contributed by atoms with Gasteiger partial charge in [0.1, 0.15) is 0 Å². The van der Waals surface area contributed by atoms with Crippen molar-refractivity contribution >= 4 is 29.0 Å². The maximum Gasteiger partial charge on any atom is 0.347 e. The van der Waals surface area contributed by atoms with Crippen molar-refractivity contribution in [2.45, 2.75) is 25.8 Å². The predicted molar refractivity (Wildman–Crippen MR) is 144 cm³/mol. The van der Waals surface area contributed by atoms with Crippen molar-refractivity contribution in [3.05, 3.63) is 118 Å². The van der Waals surface area contributed by atoms with E-state index in [0.717, 1.165) is 36.2 Å². The molecule has 3 aromatic carbocycles. The highest BCUT2D eigenvalue weighted by atomic mass is 16.2. The van der Waals surface area contributed by atoms with Gasteiger partial charge in [-0.25, -0.2) is 14.6 Å². The quantitative estimate of drug-likeness (QED) is 0.415. The number of benzene rings is 3. The molecule has 8 nitrogen and oxygen atoms in total. The molecule has 2 heterocycles. The number of nitrogens with one attached hydrogen (secondary N) is 2. The van der Waals surface area contributed by atoms with Crippen LogP contribution in [0.1, 0.15) is 23.1 Å². The molecule has 0 bridgehead atoms. The summed E-state index contributed by atoms with van der Waals surface area (Å²) in [5.41, 5.74) is 4.86. The van der Waals surface area contributed by atoms with Crippen molar-refractivity contribution < 1.29 is 9.59 Å². The Bertz CT molecular complexity index is 1480. The lowest BCUT2D eigenvalue weighted by atomic mass is 10.0. The number of fused-ring (bicyclic) bond motifs is 1. The SMILES string of the molecule is O=C(Nc1ccc(CC(=O)N2CCCc3ccccc32)cc1)Nc1cccc(Cn2cccnc2=O)c1. The Kier molecular flexibility index (Phi) is 7.07. The van der Waals surface area contributed by atoms with Gasteiger partial charge < -0.3 is 15.5 Å². The molecule has 186 valence electrons. The standard InChI is InChI=1S/C29H27N5O3/c35-27(34-17-4-8-23-7-1-2-10-26(23)34)19-21-11-13-24(14-12-21)31-28(36)32-25-9-3-6-22(18-25)20-33-16-5-15-30-29(33)37/h1-3,5-7,9-16,18H,4,8,17,19-20H2,(H2,31,32,36). The molecule has 4 aromatic rings. The van der Waals surface area contributed by atoms with Gasteiger partial charge in [0.25, 0.3) is 0 Å². The number of carbonyl (C=O) groups is 2. The molecular formula is C29H27N5O3. The van der Waals surface area contributed by atoms with Gasteiger partial charge in [0.05, 0.1) is 13.0 Å². The number of nitrogens with zero attached hydrogens (tertiary/aromatic N) is 3. The number of rotatable bonds is 6. The number of urea groups is 1. The maximum atomic E-state index is 13.0. The minimum absolute atomic E-state index is 0.0685. The third kappa shape index (κ3) is 5.92. The van der Waals surface area contributed by atoms with Gasteiger partial charge in [-0.05, 0) is 65.9 Å². The van der Waals surface area contributed by atoms with E-state index >= 15 is 0 Å². The van der Waals surface area contributed by atoms with Crippen molar-refractivity contribution in [1.29, 1.82) is 0 Å². The number of anilines is 3. The molecule has 0 saturated carbocycles. The lowest BCUT2D eigenvalue weighted by Crippen LogP contribution is -2.36. The Morgan fingerprint density at radius 3 is 2.51 bits per heavy atom. The van der Waals surface area contributed by atoms with E-state index in [4.69, 9.17) is 0 Å². The topological polar surface area (TPSA) is 96.3 Å². The van der Waals surface area contributed by atoms with E-state index in [1.54, 1.807) is 30.5 Å². The van der Waals surface area contributed by atoms with E-state index in [0.29, 0.717) is 24.3 Å². The summed E-state index contributed by atoms with van der Waals surface area (Å²) in [5.74, 6) is 0.0685. The number of aromatic nitrogens is 2. The Labute approximate surface area is 214 Å². The van der Waals surface area contributed by atoms with Gasteiger partial charge in [-0.2, -0.15) is 0 Å². The number of hydrogen-bond donors (Lipinski definition) is 2. The van der Waals surface area contributed by atoms with Crippen LogP contribution in [0.2, 0.25) is 0 Å². The van der Waals surface area contributed by atoms with Gasteiger partial charge in [-0.1, -0.05) is 42.5 Å². The molecule has 1 aliphatic heterocycles. The lowest BCUT2D eigenvalue weighted by molar-refractivity contribution is -0.118. The van der Waals surface area contributed by atoms with E-state index in [-0.39, 0.29) is 17.6 Å². The molecule has 0 unspecified atom stereocenters. The first-order valence-electron chi connectivity index (χ1n) is 12.2. The fourth-order valence-corrected chi connectivity index (χ4v) is 4.51. The van der Waals surface area contributed by atoms with Crippen LogP contribution >= 0.6 is 0 Å². The van der Waals surface area contributed by atoms with Crippen molar-refractivity contribution in [2.75, 3.05) is 22.1 Å². The first-order valence-corrected chi connectivity index (χ1v) is 12.2. The van der Waals surface area contributed by atoms with Crippen LogP contribution in [-0.2, 0) is 24.2 Å². The number of para-hydroxylation sites is 1. The second-order valence-electron chi connectivity index (χ2n) is 8.96. The summed E-state index contributed by atoms with van der Waals surface area (Å²) < 4.78 is 1.50. The highest BCUT2D eigenvalue weighted by Gasteiger charge is 2.22. The molecule has 5 rings (SSSR count). The molecule has 0 saturated heterocycles. The van der Waals surface area contributed by atoms with Crippen molar-refractivity contribution in [2.24, 2.45) is 0 Å². The molecule has 37 heavy (non-hydrogen) atoms. The van der Waals surface area contributed by atoms with Crippen LogP contribution in [0.15, 0.2) is 96.1 Å². The van der Waals surface area contributed by atoms with E-state index < -0.39 is 0 Å². The first kappa shape index (κ1) is 24.0. The predicted octanol–water partition coefficient (Wildman–Crippen LogP) is 4.46. The van der Waals surface area contributed by atoms with E-state index in [2.05, 4.69) is 21.7 Å². The van der Waals surface area contributed by atoms with Crippen LogP contribution in [-0.4, -0.2) is 28.0 Å². The van der Waals surface area contributed by atoms with E-state index in [1.165, 1.54) is 16.3 Å². The van der Waals surface area contributed by atoms with Crippen molar-refractivity contribution in [3.8, 4) is 0 Å². The molecule has 8 heteroatoms. The smallest absolute Gasteiger partial charge is 0.312 e. The van der Waals surface area contributed by atoms with Crippen LogP contribution in [0.4, 0.5) is 21.9 Å². The van der Waals surface area contributed by atoms with Gasteiger partial charge >= 0.3 is 11.7 Å². The molecule has 0 atom stereocenters. The molecule has 3 amide bonds. The summed E-state index contributed by atoms with van der Waals surface area (Å²) in [6.07, 6.45) is 5.39. The van der Waals surface area contributed by atoms with Gasteiger partial charge in [0.2, 0.25) is 5.91 Å². The molecule has 0 spiro atoms. The number of hydrogen-bond acceptors (Lipinski definition) is 4. The molecular weight excluding hydrogens is 466 g/mol. The van der Waals surface area contributed by atoms with E-state index in [1.807, 2.05) is 53.4 Å². The van der Waals surface area contributed by atoms with Crippen molar-refractivity contribution in [3.63, 3.8) is 0 Å². The molecule has 1 aromatic heterocycles. The zero-order chi connectivity index (χ0) is 25.6. The molecule has 1 aliphatic rings. The van der Waals surface area contributed by atoms with E-state index in [9.17, 15) is 14.4 Å². The zero-order valence-corrected chi connectivity index (χ0v) is 20.3. The maximum absolute atomic E-state index is 13.0. The molecule has 0 radical (unpaired) electrons. The zero-order valence-electron chi connectivity index (χ0n) is 20.3. The number of carbonyl (C=O) groups excluding carboxylic acids is 2. The highest BCUT2D eigenvalue weighted by molar-refractivity contribution is 6.00. The summed E-state index contributed by atoms with van der Waals surface area (Å²) in [4.78, 5) is 43.0. The summed E-state index contributed by atoms with van der Waals surface area (Å²) in [6.45, 7) is 1.09. The number of aryl methyl sites for hydroxylation is 1. The second-order valence-corrected chi connectivity index (χ2v) is 8.96. The fraction of sp³-hybridized carbons (Fsp3) is 0.172. The minimum Gasteiger partial charge on any atom is -0.312 e. The van der Waals surface area contributed by atoms with Crippen LogP contribution in [0.3, 0.4) is 0 Å². The van der Waals surface area contributed by atoms with Crippen LogP contribution < -0.4 is 21.2 Å². The lowest BCUT2D eigenvalue weighted by Gasteiger charge is -2.29. The van der Waals surface area contributed by atoms with Gasteiger partial charge in [0, 0.05) is 36.0 Å². The highest BCUT2D eigenvalue weighted by Crippen LogP contribution is 2.27. The van der Waals surface area contributed by atoms with Gasteiger partial charge in [-0.15, -0.1) is 0 Å². The van der Waals surface area contributed by atoms with Gasteiger partial charge in [0.15, 0.2) is 0 Å². The Balaban J connectivity index is 1.17. The van der Waals surface area contributed by atoms with Crippen LogP contribution in [0.5, 0.6) is 0 Å². The van der Waals surface area contributed by atoms with Crippen LogP contribution in [0.25, 0.3) is 0 Å². The number of amides is 3.